The Morgan fingerprint density at radius 1 is 1.30 bits per heavy atom. The summed E-state index contributed by atoms with van der Waals surface area (Å²) < 4.78 is 0. The van der Waals surface area contributed by atoms with Gasteiger partial charge in [-0.05, 0) is 43.0 Å². The third kappa shape index (κ3) is 4.61. The molecule has 2 amide bonds. The maximum absolute atomic E-state index is 12.2. The number of carbonyl (C=O) groups excluding carboxylic acids is 1. The number of rotatable bonds is 5. The molecule has 0 bridgehead atoms. The molecule has 1 saturated carbocycles. The molecule has 1 fully saturated rings. The Morgan fingerprint density at radius 2 is 2.04 bits per heavy atom. The van der Waals surface area contributed by atoms with E-state index >= 15 is 0 Å². The molecule has 2 rings (SSSR count). The van der Waals surface area contributed by atoms with Gasteiger partial charge in [0.05, 0.1) is 6.10 Å². The van der Waals surface area contributed by atoms with E-state index in [2.05, 4.69) is 35.3 Å². The zero-order valence-corrected chi connectivity index (χ0v) is 14.7. The average Bonchev–Trinajstić information content (AvgIpc) is 2.90. The van der Waals surface area contributed by atoms with Gasteiger partial charge in [0.1, 0.15) is 0 Å². The number of hydrogen-bond donors (Lipinski definition) is 2. The summed E-state index contributed by atoms with van der Waals surface area (Å²) in [5, 5.41) is 12.8. The second-order valence-corrected chi connectivity index (χ2v) is 6.80. The number of nitrogens with zero attached hydrogens (tertiary/aromatic N) is 2. The lowest BCUT2D eigenvalue weighted by Crippen LogP contribution is -2.40. The minimum atomic E-state index is -0.258. The highest BCUT2D eigenvalue weighted by atomic mass is 16.3. The van der Waals surface area contributed by atoms with Crippen LogP contribution in [0.4, 0.5) is 10.5 Å². The van der Waals surface area contributed by atoms with Gasteiger partial charge in [0, 0.05) is 45.8 Å². The number of anilines is 1. The maximum Gasteiger partial charge on any atom is 0.317 e. The Balaban J connectivity index is 1.86. The van der Waals surface area contributed by atoms with E-state index in [0.717, 1.165) is 30.5 Å². The van der Waals surface area contributed by atoms with Crippen molar-refractivity contribution in [2.75, 3.05) is 32.6 Å². The van der Waals surface area contributed by atoms with Gasteiger partial charge >= 0.3 is 6.03 Å². The summed E-state index contributed by atoms with van der Waals surface area (Å²) in [5.41, 5.74) is 3.45. The molecule has 2 N–H and O–H groups in total. The first kappa shape index (κ1) is 17.6. The van der Waals surface area contributed by atoms with Crippen molar-refractivity contribution in [1.29, 1.82) is 0 Å². The van der Waals surface area contributed by atoms with Gasteiger partial charge in [0.25, 0.3) is 0 Å². The molecule has 2 unspecified atom stereocenters. The van der Waals surface area contributed by atoms with Crippen LogP contribution in [-0.4, -0.2) is 49.8 Å². The Morgan fingerprint density at radius 3 is 2.61 bits per heavy atom. The lowest BCUT2D eigenvalue weighted by atomic mass is 10.1. The first-order valence-electron chi connectivity index (χ1n) is 8.32. The fraction of sp³-hybridized carbons (Fsp3) is 0.611. The second-order valence-electron chi connectivity index (χ2n) is 6.80. The van der Waals surface area contributed by atoms with E-state index in [4.69, 9.17) is 0 Å². The topological polar surface area (TPSA) is 55.8 Å². The summed E-state index contributed by atoms with van der Waals surface area (Å²) in [5.74, 6) is 0.215. The van der Waals surface area contributed by atoms with Crippen LogP contribution >= 0.6 is 0 Å². The van der Waals surface area contributed by atoms with Gasteiger partial charge in [0.15, 0.2) is 0 Å². The van der Waals surface area contributed by atoms with Crippen LogP contribution in [0.3, 0.4) is 0 Å². The number of nitrogens with one attached hydrogen (secondary N) is 1. The van der Waals surface area contributed by atoms with Crippen molar-refractivity contribution in [3.63, 3.8) is 0 Å². The lowest BCUT2D eigenvalue weighted by Gasteiger charge is -2.24. The van der Waals surface area contributed by atoms with Crippen LogP contribution in [0.1, 0.15) is 30.4 Å². The molecule has 0 spiro atoms. The highest BCUT2D eigenvalue weighted by Gasteiger charge is 2.27. The molecule has 23 heavy (non-hydrogen) atoms. The predicted molar refractivity (Wildman–Crippen MR) is 93.7 cm³/mol. The van der Waals surface area contributed by atoms with Crippen molar-refractivity contribution >= 4 is 11.7 Å². The van der Waals surface area contributed by atoms with Gasteiger partial charge in [-0.2, -0.15) is 0 Å². The summed E-state index contributed by atoms with van der Waals surface area (Å²) >= 11 is 0. The van der Waals surface area contributed by atoms with Crippen molar-refractivity contribution in [1.82, 2.24) is 10.2 Å². The van der Waals surface area contributed by atoms with Crippen LogP contribution in [0.25, 0.3) is 0 Å². The molecule has 0 heterocycles. The van der Waals surface area contributed by atoms with Gasteiger partial charge in [-0.15, -0.1) is 0 Å². The zero-order valence-electron chi connectivity index (χ0n) is 14.7. The summed E-state index contributed by atoms with van der Waals surface area (Å²) in [6.45, 7) is 3.20. The van der Waals surface area contributed by atoms with Crippen molar-refractivity contribution in [3.05, 3.63) is 29.3 Å². The predicted octanol–water partition coefficient (Wildman–Crippen LogP) is 2.36. The standard InChI is InChI=1S/C18H29N3O2/c1-13-10-16(20(2)3)9-8-14(13)11-19-18(23)21(4)12-15-6-5-7-17(15)22/h8-10,15,17,22H,5-7,11-12H2,1-4H3,(H,19,23). The lowest BCUT2D eigenvalue weighted by molar-refractivity contribution is 0.114. The number of hydrogen-bond acceptors (Lipinski definition) is 3. The number of aliphatic hydroxyl groups excluding tert-OH is 1. The van der Waals surface area contributed by atoms with Gasteiger partial charge in [-0.3, -0.25) is 0 Å². The fourth-order valence-electron chi connectivity index (χ4n) is 3.13. The van der Waals surface area contributed by atoms with E-state index in [-0.39, 0.29) is 18.1 Å². The molecule has 0 aromatic heterocycles. The van der Waals surface area contributed by atoms with Crippen LogP contribution in [0, 0.1) is 12.8 Å². The number of urea groups is 1. The number of amides is 2. The van der Waals surface area contributed by atoms with Crippen LogP contribution in [0.15, 0.2) is 18.2 Å². The van der Waals surface area contributed by atoms with Gasteiger partial charge < -0.3 is 20.2 Å². The van der Waals surface area contributed by atoms with Gasteiger partial charge in [0.2, 0.25) is 0 Å². The Hall–Kier alpha value is -1.75. The molecular weight excluding hydrogens is 290 g/mol. The molecule has 2 atom stereocenters. The monoisotopic (exact) mass is 319 g/mol. The van der Waals surface area contributed by atoms with E-state index in [0.29, 0.717) is 13.1 Å². The van der Waals surface area contributed by atoms with E-state index < -0.39 is 0 Å². The molecule has 0 saturated heterocycles. The van der Waals surface area contributed by atoms with Gasteiger partial charge in [-0.1, -0.05) is 12.5 Å². The van der Waals surface area contributed by atoms with Crippen molar-refractivity contribution < 1.29 is 9.90 Å². The summed E-state index contributed by atoms with van der Waals surface area (Å²) in [6.07, 6.45) is 2.66. The molecule has 1 aromatic rings. The number of carbonyl (C=O) groups is 1. The third-order valence-corrected chi connectivity index (χ3v) is 4.75. The number of benzene rings is 1. The number of aryl methyl sites for hydroxylation is 1. The Labute approximate surface area is 139 Å². The first-order valence-corrected chi connectivity index (χ1v) is 8.32. The molecule has 5 heteroatoms. The molecule has 0 aliphatic heterocycles. The summed E-state index contributed by atoms with van der Waals surface area (Å²) in [7, 11) is 5.83. The smallest absolute Gasteiger partial charge is 0.317 e. The number of aliphatic hydroxyl groups is 1. The van der Waals surface area contributed by atoms with Gasteiger partial charge in [-0.25, -0.2) is 4.79 Å². The second kappa shape index (κ2) is 7.68. The van der Waals surface area contributed by atoms with Crippen molar-refractivity contribution in [2.45, 2.75) is 38.8 Å². The van der Waals surface area contributed by atoms with Crippen molar-refractivity contribution in [2.24, 2.45) is 5.92 Å². The molecule has 0 radical (unpaired) electrons. The minimum absolute atomic E-state index is 0.0832. The molecule has 128 valence electrons. The molecule has 1 aromatic carbocycles. The largest absolute Gasteiger partial charge is 0.393 e. The van der Waals surface area contributed by atoms with Crippen LogP contribution < -0.4 is 10.2 Å². The van der Waals surface area contributed by atoms with E-state index in [1.54, 1.807) is 11.9 Å². The third-order valence-electron chi connectivity index (χ3n) is 4.75. The normalized spacial score (nSPS) is 20.4. The van der Waals surface area contributed by atoms with Crippen LogP contribution in [-0.2, 0) is 6.54 Å². The zero-order chi connectivity index (χ0) is 17.0. The minimum Gasteiger partial charge on any atom is -0.393 e. The van der Waals surface area contributed by atoms with Crippen LogP contribution in [0.5, 0.6) is 0 Å². The van der Waals surface area contributed by atoms with E-state index in [1.165, 1.54) is 5.56 Å². The molecule has 5 nitrogen and oxygen atoms in total. The van der Waals surface area contributed by atoms with E-state index in [1.807, 2.05) is 14.1 Å². The quantitative estimate of drug-likeness (QED) is 0.876. The maximum atomic E-state index is 12.2. The Bertz CT molecular complexity index is 545. The first-order chi connectivity index (χ1) is 10.9. The Kier molecular flexibility index (Phi) is 5.88. The average molecular weight is 319 g/mol. The highest BCUT2D eigenvalue weighted by molar-refractivity contribution is 5.73. The highest BCUT2D eigenvalue weighted by Crippen LogP contribution is 2.26. The summed E-state index contributed by atoms with van der Waals surface area (Å²) in [6, 6.07) is 6.17. The SMILES string of the molecule is Cc1cc(N(C)C)ccc1CNC(=O)N(C)CC1CCCC1O. The van der Waals surface area contributed by atoms with E-state index in [9.17, 15) is 9.90 Å². The summed E-state index contributed by atoms with van der Waals surface area (Å²) in [4.78, 5) is 16.0. The fourth-order valence-corrected chi connectivity index (χ4v) is 3.13. The van der Waals surface area contributed by atoms with Crippen LogP contribution in [0.2, 0.25) is 0 Å². The molecule has 1 aliphatic rings. The van der Waals surface area contributed by atoms with Crippen molar-refractivity contribution in [3.8, 4) is 0 Å². The molecular formula is C18H29N3O2. The molecule has 1 aliphatic carbocycles.